The lowest BCUT2D eigenvalue weighted by Crippen LogP contribution is -2.38. The molecule has 2 N–H and O–H groups in total. The maximum Gasteiger partial charge on any atom is 0.311 e. The first-order chi connectivity index (χ1) is 11.0. The fraction of sp³-hybridized carbons (Fsp3) is 0.625. The second kappa shape index (κ2) is 6.52. The molecule has 0 spiro atoms. The number of carbonyl (C=O) groups is 1. The summed E-state index contributed by atoms with van der Waals surface area (Å²) in [5.74, 6) is 0.422. The molecule has 7 nitrogen and oxygen atoms in total. The van der Waals surface area contributed by atoms with Crippen molar-refractivity contribution in [1.29, 1.82) is 0 Å². The van der Waals surface area contributed by atoms with Crippen molar-refractivity contribution in [2.45, 2.75) is 57.5 Å². The minimum absolute atomic E-state index is 0.00504. The number of amides is 1. The van der Waals surface area contributed by atoms with E-state index in [0.717, 1.165) is 37.7 Å². The van der Waals surface area contributed by atoms with Gasteiger partial charge in [-0.05, 0) is 44.6 Å². The molecule has 7 heteroatoms. The Bertz CT molecular complexity index is 615. The zero-order valence-corrected chi connectivity index (χ0v) is 13.2. The van der Waals surface area contributed by atoms with Crippen molar-refractivity contribution >= 4 is 17.4 Å². The molecule has 2 saturated carbocycles. The maximum absolute atomic E-state index is 12.2. The minimum Gasteiger partial charge on any atom is -0.362 e. The Morgan fingerprint density at radius 1 is 1.30 bits per heavy atom. The van der Waals surface area contributed by atoms with Gasteiger partial charge in [0.1, 0.15) is 0 Å². The minimum atomic E-state index is -0.414. The number of nitrogens with one attached hydrogen (secondary N) is 2. The highest BCUT2D eigenvalue weighted by molar-refractivity contribution is 5.79. The molecule has 124 valence electrons. The van der Waals surface area contributed by atoms with Gasteiger partial charge in [0.2, 0.25) is 11.7 Å². The van der Waals surface area contributed by atoms with Gasteiger partial charge in [-0.1, -0.05) is 6.42 Å². The van der Waals surface area contributed by atoms with E-state index in [9.17, 15) is 14.9 Å². The Labute approximate surface area is 135 Å². The molecule has 1 amide bonds. The van der Waals surface area contributed by atoms with Crippen LogP contribution in [0.5, 0.6) is 0 Å². The van der Waals surface area contributed by atoms with Gasteiger partial charge in [0, 0.05) is 30.3 Å². The first-order valence-electron chi connectivity index (χ1n) is 8.21. The van der Waals surface area contributed by atoms with Crippen LogP contribution in [-0.2, 0) is 4.79 Å². The average molecular weight is 318 g/mol. The normalized spacial score (nSPS) is 24.0. The summed E-state index contributed by atoms with van der Waals surface area (Å²) < 4.78 is 0. The summed E-state index contributed by atoms with van der Waals surface area (Å²) in [6, 6.07) is 1.94. The van der Waals surface area contributed by atoms with Gasteiger partial charge >= 0.3 is 5.69 Å². The van der Waals surface area contributed by atoms with Gasteiger partial charge in [-0.2, -0.15) is 0 Å². The number of hydrogen-bond donors (Lipinski definition) is 2. The summed E-state index contributed by atoms with van der Waals surface area (Å²) in [5, 5.41) is 17.4. The number of aromatic nitrogens is 1. The number of hydrogen-bond acceptors (Lipinski definition) is 5. The van der Waals surface area contributed by atoms with Crippen LogP contribution >= 0.6 is 0 Å². The van der Waals surface area contributed by atoms with Gasteiger partial charge in [0.25, 0.3) is 0 Å². The van der Waals surface area contributed by atoms with E-state index >= 15 is 0 Å². The highest BCUT2D eigenvalue weighted by Gasteiger charge is 2.32. The van der Waals surface area contributed by atoms with Crippen molar-refractivity contribution in [2.75, 3.05) is 5.32 Å². The van der Waals surface area contributed by atoms with Crippen molar-refractivity contribution in [3.8, 4) is 0 Å². The van der Waals surface area contributed by atoms with E-state index in [4.69, 9.17) is 0 Å². The van der Waals surface area contributed by atoms with E-state index in [-0.39, 0.29) is 23.6 Å². The molecule has 1 aromatic heterocycles. The van der Waals surface area contributed by atoms with Gasteiger partial charge in [-0.25, -0.2) is 4.98 Å². The largest absolute Gasteiger partial charge is 0.362 e. The van der Waals surface area contributed by atoms with Crippen LogP contribution in [0, 0.1) is 23.0 Å². The van der Waals surface area contributed by atoms with Crippen molar-refractivity contribution < 1.29 is 9.72 Å². The average Bonchev–Trinajstić information content (AvgIpc) is 3.33. The Morgan fingerprint density at radius 3 is 2.78 bits per heavy atom. The van der Waals surface area contributed by atoms with Gasteiger partial charge in [0.15, 0.2) is 0 Å². The lowest BCUT2D eigenvalue weighted by atomic mass is 9.85. The van der Waals surface area contributed by atoms with E-state index < -0.39 is 4.92 Å². The van der Waals surface area contributed by atoms with Crippen LogP contribution in [0.4, 0.5) is 11.5 Å². The Balaban J connectivity index is 1.65. The predicted molar refractivity (Wildman–Crippen MR) is 86.2 cm³/mol. The summed E-state index contributed by atoms with van der Waals surface area (Å²) in [7, 11) is 0. The van der Waals surface area contributed by atoms with Crippen LogP contribution in [0.15, 0.2) is 12.3 Å². The Kier molecular flexibility index (Phi) is 4.45. The number of pyridine rings is 1. The first-order valence-corrected chi connectivity index (χ1v) is 8.21. The molecule has 0 bridgehead atoms. The zero-order chi connectivity index (χ0) is 16.4. The zero-order valence-electron chi connectivity index (χ0n) is 13.2. The third-order valence-corrected chi connectivity index (χ3v) is 4.51. The highest BCUT2D eigenvalue weighted by Crippen LogP contribution is 2.30. The van der Waals surface area contributed by atoms with Crippen LogP contribution in [0.25, 0.3) is 0 Å². The molecule has 2 aliphatic carbocycles. The van der Waals surface area contributed by atoms with Gasteiger partial charge in [0.05, 0.1) is 4.92 Å². The summed E-state index contributed by atoms with van der Waals surface area (Å²) in [5.41, 5.74) is 0.752. The highest BCUT2D eigenvalue weighted by atomic mass is 16.6. The summed E-state index contributed by atoms with van der Waals surface area (Å²) >= 11 is 0. The van der Waals surface area contributed by atoms with E-state index in [1.807, 2.05) is 0 Å². The summed E-state index contributed by atoms with van der Waals surface area (Å²) in [6.45, 7) is 1.78. The monoisotopic (exact) mass is 318 g/mol. The molecule has 2 atom stereocenters. The Morgan fingerprint density at radius 2 is 2.09 bits per heavy atom. The second-order valence-corrected chi connectivity index (χ2v) is 6.63. The lowest BCUT2D eigenvalue weighted by Gasteiger charge is -2.29. The molecule has 0 unspecified atom stereocenters. The molecular weight excluding hydrogens is 296 g/mol. The molecule has 0 aliphatic heterocycles. The number of nitro groups is 1. The molecule has 23 heavy (non-hydrogen) atoms. The molecule has 0 saturated heterocycles. The smallest absolute Gasteiger partial charge is 0.311 e. The second-order valence-electron chi connectivity index (χ2n) is 6.63. The molecule has 0 aromatic carbocycles. The molecule has 0 radical (unpaired) electrons. The number of carbonyl (C=O) groups excluding carboxylic acids is 1. The molecule has 2 aliphatic rings. The predicted octanol–water partition coefficient (Wildman–Crippen LogP) is 2.55. The van der Waals surface area contributed by atoms with Crippen molar-refractivity contribution in [3.63, 3.8) is 0 Å². The number of aryl methyl sites for hydroxylation is 1. The van der Waals surface area contributed by atoms with Crippen LogP contribution < -0.4 is 10.6 Å². The summed E-state index contributed by atoms with van der Waals surface area (Å²) in [4.78, 5) is 27.1. The van der Waals surface area contributed by atoms with Gasteiger partial charge in [-0.15, -0.1) is 0 Å². The SMILES string of the molecule is Cc1cnc(N[C@H]2CCC[C@@H](C(=O)NC3CC3)C2)c([N+](=O)[O-])c1. The van der Waals surface area contributed by atoms with E-state index in [1.54, 1.807) is 13.1 Å². The van der Waals surface area contributed by atoms with Crippen LogP contribution in [-0.4, -0.2) is 27.9 Å². The quantitative estimate of drug-likeness (QED) is 0.642. The van der Waals surface area contributed by atoms with Crippen LogP contribution in [0.1, 0.15) is 44.1 Å². The molecule has 1 heterocycles. The standard InChI is InChI=1S/C16H22N4O3/c1-10-7-14(20(22)23)15(17-9-10)18-13-4-2-3-11(8-13)16(21)19-12-5-6-12/h7,9,11-13H,2-6,8H2,1H3,(H,17,18)(H,19,21)/t11-,13+/m1/s1. The summed E-state index contributed by atoms with van der Waals surface area (Å²) in [6.07, 6.45) is 7.22. The van der Waals surface area contributed by atoms with Crippen LogP contribution in [0.3, 0.4) is 0 Å². The molecular formula is C16H22N4O3. The molecule has 2 fully saturated rings. The van der Waals surface area contributed by atoms with Crippen molar-refractivity contribution in [3.05, 3.63) is 27.9 Å². The van der Waals surface area contributed by atoms with Gasteiger partial charge < -0.3 is 10.6 Å². The Hall–Kier alpha value is -2.18. The third kappa shape index (κ3) is 3.97. The fourth-order valence-electron chi connectivity index (χ4n) is 3.10. The number of anilines is 1. The number of nitrogens with zero attached hydrogens (tertiary/aromatic N) is 2. The number of rotatable bonds is 5. The van der Waals surface area contributed by atoms with Crippen LogP contribution in [0.2, 0.25) is 0 Å². The van der Waals surface area contributed by atoms with Crippen molar-refractivity contribution in [1.82, 2.24) is 10.3 Å². The first kappa shape index (κ1) is 15.7. The van der Waals surface area contributed by atoms with Gasteiger partial charge in [-0.3, -0.25) is 14.9 Å². The molecule has 1 aromatic rings. The third-order valence-electron chi connectivity index (χ3n) is 4.51. The van der Waals surface area contributed by atoms with E-state index in [0.29, 0.717) is 18.3 Å². The van der Waals surface area contributed by atoms with E-state index in [1.165, 1.54) is 6.07 Å². The molecule has 3 rings (SSSR count). The topological polar surface area (TPSA) is 97.2 Å². The van der Waals surface area contributed by atoms with Crippen molar-refractivity contribution in [2.24, 2.45) is 5.92 Å². The fourth-order valence-corrected chi connectivity index (χ4v) is 3.10. The lowest BCUT2D eigenvalue weighted by molar-refractivity contribution is -0.384. The van der Waals surface area contributed by atoms with E-state index in [2.05, 4.69) is 15.6 Å². The maximum atomic E-state index is 12.2.